The highest BCUT2D eigenvalue weighted by molar-refractivity contribution is 5.89. The smallest absolute Gasteiger partial charge is 0.319 e. The summed E-state index contributed by atoms with van der Waals surface area (Å²) < 4.78 is 5.03. The van der Waals surface area contributed by atoms with Crippen LogP contribution in [-0.2, 0) is 0 Å². The van der Waals surface area contributed by atoms with Crippen LogP contribution in [0.3, 0.4) is 0 Å². The largest absolute Gasteiger partial charge is 0.497 e. The van der Waals surface area contributed by atoms with E-state index in [0.29, 0.717) is 12.1 Å². The number of hydrogen-bond donors (Lipinski definition) is 3. The Morgan fingerprint density at radius 2 is 2.00 bits per heavy atom. The number of anilines is 1. The molecule has 0 radical (unpaired) electrons. The van der Waals surface area contributed by atoms with E-state index in [1.807, 2.05) is 6.92 Å². The van der Waals surface area contributed by atoms with E-state index in [1.54, 1.807) is 38.3 Å². The lowest BCUT2D eigenvalue weighted by Gasteiger charge is -2.27. The van der Waals surface area contributed by atoms with Crippen molar-refractivity contribution >= 4 is 11.7 Å². The molecule has 5 heteroatoms. The van der Waals surface area contributed by atoms with Crippen LogP contribution in [0.15, 0.2) is 24.3 Å². The van der Waals surface area contributed by atoms with Gasteiger partial charge in [-0.2, -0.15) is 0 Å². The van der Waals surface area contributed by atoms with Crippen molar-refractivity contribution in [3.63, 3.8) is 0 Å². The molecular formula is C13H20N2O3. The lowest BCUT2D eigenvalue weighted by atomic mass is 10.0. The molecule has 0 spiro atoms. The predicted octanol–water partition coefficient (Wildman–Crippen LogP) is 1.98. The number of aliphatic hydroxyl groups excluding tert-OH is 1. The van der Waals surface area contributed by atoms with Crippen molar-refractivity contribution in [2.24, 2.45) is 0 Å². The maximum absolute atomic E-state index is 11.7. The van der Waals surface area contributed by atoms with Gasteiger partial charge in [0.05, 0.1) is 19.3 Å². The minimum atomic E-state index is -0.601. The second-order valence-electron chi connectivity index (χ2n) is 4.38. The molecule has 0 saturated carbocycles. The number of aliphatic hydroxyl groups is 1. The van der Waals surface area contributed by atoms with E-state index in [4.69, 9.17) is 4.74 Å². The Morgan fingerprint density at radius 1 is 1.39 bits per heavy atom. The first-order valence-corrected chi connectivity index (χ1v) is 5.87. The van der Waals surface area contributed by atoms with E-state index in [0.717, 1.165) is 5.75 Å². The van der Waals surface area contributed by atoms with E-state index in [-0.39, 0.29) is 12.6 Å². The Labute approximate surface area is 107 Å². The molecule has 100 valence electrons. The first kappa shape index (κ1) is 14.3. The topological polar surface area (TPSA) is 70.6 Å². The molecule has 0 bridgehead atoms. The van der Waals surface area contributed by atoms with Crippen molar-refractivity contribution in [2.45, 2.75) is 25.8 Å². The van der Waals surface area contributed by atoms with E-state index in [1.165, 1.54) is 0 Å². The molecule has 0 aromatic heterocycles. The first-order valence-electron chi connectivity index (χ1n) is 5.87. The molecule has 1 aromatic rings. The van der Waals surface area contributed by atoms with Gasteiger partial charge < -0.3 is 20.5 Å². The fourth-order valence-corrected chi connectivity index (χ4v) is 1.35. The SMILES string of the molecule is CCC(C)(CO)NC(=O)Nc1ccc(OC)cc1. The highest BCUT2D eigenvalue weighted by Gasteiger charge is 2.22. The molecule has 0 aliphatic heterocycles. The van der Waals surface area contributed by atoms with Crippen LogP contribution in [0.1, 0.15) is 20.3 Å². The fraction of sp³-hybridized carbons (Fsp3) is 0.462. The van der Waals surface area contributed by atoms with Crippen LogP contribution in [0.25, 0.3) is 0 Å². The monoisotopic (exact) mass is 252 g/mol. The number of urea groups is 1. The maximum atomic E-state index is 11.7. The lowest BCUT2D eigenvalue weighted by Crippen LogP contribution is -2.50. The van der Waals surface area contributed by atoms with Gasteiger partial charge in [-0.25, -0.2) is 4.79 Å². The van der Waals surface area contributed by atoms with Gasteiger partial charge in [0.2, 0.25) is 0 Å². The van der Waals surface area contributed by atoms with E-state index < -0.39 is 5.54 Å². The summed E-state index contributed by atoms with van der Waals surface area (Å²) in [6.07, 6.45) is 0.652. The van der Waals surface area contributed by atoms with Gasteiger partial charge in [0.15, 0.2) is 0 Å². The Hall–Kier alpha value is -1.75. The third-order valence-corrected chi connectivity index (χ3v) is 2.89. The molecule has 0 aliphatic carbocycles. The van der Waals surface area contributed by atoms with E-state index in [9.17, 15) is 9.90 Å². The van der Waals surface area contributed by atoms with Gasteiger partial charge in [0.25, 0.3) is 0 Å². The van der Waals surface area contributed by atoms with Crippen LogP contribution >= 0.6 is 0 Å². The van der Waals surface area contributed by atoms with Gasteiger partial charge in [-0.3, -0.25) is 0 Å². The second kappa shape index (κ2) is 6.26. The number of ether oxygens (including phenoxy) is 1. The van der Waals surface area contributed by atoms with Crippen molar-refractivity contribution < 1.29 is 14.6 Å². The lowest BCUT2D eigenvalue weighted by molar-refractivity contribution is 0.172. The normalized spacial score (nSPS) is 13.6. The minimum Gasteiger partial charge on any atom is -0.497 e. The average molecular weight is 252 g/mol. The molecule has 0 heterocycles. The van der Waals surface area contributed by atoms with Crippen LogP contribution < -0.4 is 15.4 Å². The fourth-order valence-electron chi connectivity index (χ4n) is 1.35. The molecule has 3 N–H and O–H groups in total. The summed E-state index contributed by atoms with van der Waals surface area (Å²) in [4.78, 5) is 11.7. The van der Waals surface area contributed by atoms with Crippen molar-refractivity contribution in [2.75, 3.05) is 19.0 Å². The zero-order valence-electron chi connectivity index (χ0n) is 11.0. The molecule has 1 aromatic carbocycles. The van der Waals surface area contributed by atoms with Gasteiger partial charge in [0.1, 0.15) is 5.75 Å². The summed E-state index contributed by atoms with van der Waals surface area (Å²) >= 11 is 0. The zero-order valence-corrected chi connectivity index (χ0v) is 11.0. The molecule has 1 atom stereocenters. The summed E-state index contributed by atoms with van der Waals surface area (Å²) in [5, 5.41) is 14.6. The highest BCUT2D eigenvalue weighted by atomic mass is 16.5. The summed E-state index contributed by atoms with van der Waals surface area (Å²) in [5.74, 6) is 0.731. The van der Waals surface area contributed by atoms with Gasteiger partial charge in [-0.1, -0.05) is 6.92 Å². The van der Waals surface area contributed by atoms with E-state index in [2.05, 4.69) is 10.6 Å². The molecule has 1 unspecified atom stereocenters. The van der Waals surface area contributed by atoms with Crippen molar-refractivity contribution in [3.8, 4) is 5.75 Å². The Morgan fingerprint density at radius 3 is 2.44 bits per heavy atom. The Bertz CT molecular complexity index is 386. The molecule has 18 heavy (non-hydrogen) atoms. The van der Waals surface area contributed by atoms with Gasteiger partial charge in [-0.05, 0) is 37.6 Å². The molecule has 5 nitrogen and oxygen atoms in total. The first-order chi connectivity index (χ1) is 8.53. The van der Waals surface area contributed by atoms with Gasteiger partial charge in [0, 0.05) is 5.69 Å². The number of benzene rings is 1. The molecular weight excluding hydrogens is 232 g/mol. The number of amides is 2. The molecule has 2 amide bonds. The Balaban J connectivity index is 2.58. The number of carbonyl (C=O) groups is 1. The van der Waals surface area contributed by atoms with Gasteiger partial charge in [-0.15, -0.1) is 0 Å². The van der Waals surface area contributed by atoms with Crippen LogP contribution in [0.4, 0.5) is 10.5 Å². The van der Waals surface area contributed by atoms with E-state index >= 15 is 0 Å². The molecule has 0 aliphatic rings. The number of carbonyl (C=O) groups excluding carboxylic acids is 1. The van der Waals surface area contributed by atoms with Crippen LogP contribution in [0.2, 0.25) is 0 Å². The van der Waals surface area contributed by atoms with Gasteiger partial charge >= 0.3 is 6.03 Å². The third-order valence-electron chi connectivity index (χ3n) is 2.89. The van der Waals surface area contributed by atoms with Crippen LogP contribution in [0, 0.1) is 0 Å². The third kappa shape index (κ3) is 3.92. The zero-order chi connectivity index (χ0) is 13.6. The second-order valence-corrected chi connectivity index (χ2v) is 4.38. The van der Waals surface area contributed by atoms with Crippen molar-refractivity contribution in [1.82, 2.24) is 5.32 Å². The predicted molar refractivity (Wildman–Crippen MR) is 70.9 cm³/mol. The maximum Gasteiger partial charge on any atom is 0.319 e. The quantitative estimate of drug-likeness (QED) is 0.750. The molecule has 0 fully saturated rings. The minimum absolute atomic E-state index is 0.0977. The summed E-state index contributed by atoms with van der Waals surface area (Å²) in [7, 11) is 1.59. The number of nitrogens with one attached hydrogen (secondary N) is 2. The van der Waals surface area contributed by atoms with Crippen molar-refractivity contribution in [1.29, 1.82) is 0 Å². The van der Waals surface area contributed by atoms with Crippen LogP contribution in [-0.4, -0.2) is 30.4 Å². The summed E-state index contributed by atoms with van der Waals surface area (Å²) in [6, 6.07) is 6.70. The number of rotatable bonds is 5. The number of methoxy groups -OCH3 is 1. The molecule has 1 rings (SSSR count). The van der Waals surface area contributed by atoms with Crippen molar-refractivity contribution in [3.05, 3.63) is 24.3 Å². The molecule has 0 saturated heterocycles. The average Bonchev–Trinajstić information content (AvgIpc) is 2.39. The summed E-state index contributed by atoms with van der Waals surface area (Å²) in [5.41, 5.74) is 0.0704. The standard InChI is InChI=1S/C13H20N2O3/c1-4-13(2,9-16)15-12(17)14-10-5-7-11(18-3)8-6-10/h5-8,16H,4,9H2,1-3H3,(H2,14,15,17). The number of hydrogen-bond acceptors (Lipinski definition) is 3. The van der Waals surface area contributed by atoms with Crippen LogP contribution in [0.5, 0.6) is 5.75 Å². The summed E-state index contributed by atoms with van der Waals surface area (Å²) in [6.45, 7) is 3.60. The Kier molecular flexibility index (Phi) is 4.97. The highest BCUT2D eigenvalue weighted by Crippen LogP contribution is 2.15.